The van der Waals surface area contributed by atoms with Crippen LogP contribution in [-0.2, 0) is 5.41 Å². The standard InChI is InChI=1S/C17H23N3/c18-11-17(8-2-1-3-9-17)13-6-7-14-15(10-13)20-16(19-14)12-4-5-12/h6-7,10,12H,1-5,8-9,11,18H2,(H,19,20). The van der Waals surface area contributed by atoms with Crippen LogP contribution in [0.25, 0.3) is 11.0 Å². The summed E-state index contributed by atoms with van der Waals surface area (Å²) in [5.74, 6) is 1.87. The molecule has 0 bridgehead atoms. The van der Waals surface area contributed by atoms with E-state index in [-0.39, 0.29) is 5.41 Å². The summed E-state index contributed by atoms with van der Waals surface area (Å²) in [4.78, 5) is 8.25. The van der Waals surface area contributed by atoms with Crippen molar-refractivity contribution in [2.24, 2.45) is 5.73 Å². The van der Waals surface area contributed by atoms with E-state index in [0.717, 1.165) is 12.1 Å². The number of imidazole rings is 1. The Bertz CT molecular complexity index is 618. The molecule has 0 amide bonds. The van der Waals surface area contributed by atoms with Crippen LogP contribution in [0.3, 0.4) is 0 Å². The Morgan fingerprint density at radius 1 is 1.20 bits per heavy atom. The second-order valence-electron chi connectivity index (χ2n) is 6.67. The number of nitrogens with two attached hydrogens (primary N) is 1. The summed E-state index contributed by atoms with van der Waals surface area (Å²) in [6.07, 6.45) is 9.03. The molecule has 0 spiro atoms. The Balaban J connectivity index is 1.74. The lowest BCUT2D eigenvalue weighted by Gasteiger charge is -2.36. The first-order valence-electron chi connectivity index (χ1n) is 8.01. The molecule has 3 nitrogen and oxygen atoms in total. The highest BCUT2D eigenvalue weighted by molar-refractivity contribution is 5.76. The Hall–Kier alpha value is -1.35. The lowest BCUT2D eigenvalue weighted by molar-refractivity contribution is 0.301. The summed E-state index contributed by atoms with van der Waals surface area (Å²) in [6, 6.07) is 6.75. The molecule has 3 N–H and O–H groups in total. The molecule has 1 aromatic heterocycles. The van der Waals surface area contributed by atoms with Gasteiger partial charge in [-0.2, -0.15) is 0 Å². The van der Waals surface area contributed by atoms with Gasteiger partial charge in [0.1, 0.15) is 5.82 Å². The maximum absolute atomic E-state index is 6.15. The van der Waals surface area contributed by atoms with Gasteiger partial charge in [-0.05, 0) is 43.4 Å². The highest BCUT2D eigenvalue weighted by Gasteiger charge is 2.33. The maximum Gasteiger partial charge on any atom is 0.110 e. The zero-order valence-electron chi connectivity index (χ0n) is 12.0. The van der Waals surface area contributed by atoms with Crippen LogP contribution in [0.15, 0.2) is 18.2 Å². The average molecular weight is 269 g/mol. The molecule has 3 heteroatoms. The van der Waals surface area contributed by atoms with Gasteiger partial charge < -0.3 is 10.7 Å². The van der Waals surface area contributed by atoms with Gasteiger partial charge in [0, 0.05) is 17.9 Å². The number of benzene rings is 1. The molecule has 1 heterocycles. The highest BCUT2D eigenvalue weighted by atomic mass is 14.9. The third-order valence-electron chi connectivity index (χ3n) is 5.28. The van der Waals surface area contributed by atoms with Crippen LogP contribution < -0.4 is 5.73 Å². The first-order chi connectivity index (χ1) is 9.81. The second-order valence-corrected chi connectivity index (χ2v) is 6.67. The molecule has 20 heavy (non-hydrogen) atoms. The molecular weight excluding hydrogens is 246 g/mol. The summed E-state index contributed by atoms with van der Waals surface area (Å²) in [5.41, 5.74) is 10.1. The minimum Gasteiger partial charge on any atom is -0.342 e. The van der Waals surface area contributed by atoms with Crippen LogP contribution in [0.2, 0.25) is 0 Å². The van der Waals surface area contributed by atoms with Crippen LogP contribution in [-0.4, -0.2) is 16.5 Å². The van der Waals surface area contributed by atoms with E-state index in [1.807, 2.05) is 0 Å². The number of rotatable bonds is 3. The largest absolute Gasteiger partial charge is 0.342 e. The summed E-state index contributed by atoms with van der Waals surface area (Å²) >= 11 is 0. The molecule has 2 fully saturated rings. The summed E-state index contributed by atoms with van der Waals surface area (Å²) in [6.45, 7) is 0.766. The smallest absolute Gasteiger partial charge is 0.110 e. The van der Waals surface area contributed by atoms with Crippen molar-refractivity contribution >= 4 is 11.0 Å². The molecule has 1 aromatic carbocycles. The number of nitrogens with one attached hydrogen (secondary N) is 1. The van der Waals surface area contributed by atoms with Crippen molar-refractivity contribution in [3.63, 3.8) is 0 Å². The van der Waals surface area contributed by atoms with Gasteiger partial charge >= 0.3 is 0 Å². The van der Waals surface area contributed by atoms with Gasteiger partial charge in [-0.25, -0.2) is 4.98 Å². The minimum absolute atomic E-state index is 0.206. The number of aromatic nitrogens is 2. The first-order valence-corrected chi connectivity index (χ1v) is 8.01. The van der Waals surface area contributed by atoms with E-state index >= 15 is 0 Å². The predicted octanol–water partition coefficient (Wildman–Crippen LogP) is 3.60. The predicted molar refractivity (Wildman–Crippen MR) is 81.9 cm³/mol. The molecule has 4 rings (SSSR count). The van der Waals surface area contributed by atoms with Gasteiger partial charge in [0.05, 0.1) is 11.0 Å². The van der Waals surface area contributed by atoms with E-state index in [1.54, 1.807) is 0 Å². The van der Waals surface area contributed by atoms with Crippen molar-refractivity contribution in [1.82, 2.24) is 9.97 Å². The van der Waals surface area contributed by atoms with E-state index in [9.17, 15) is 0 Å². The van der Waals surface area contributed by atoms with Crippen LogP contribution in [0.4, 0.5) is 0 Å². The lowest BCUT2D eigenvalue weighted by Crippen LogP contribution is -2.37. The minimum atomic E-state index is 0.206. The normalized spacial score (nSPS) is 22.2. The number of aromatic amines is 1. The summed E-state index contributed by atoms with van der Waals surface area (Å²) in [5, 5.41) is 0. The van der Waals surface area contributed by atoms with E-state index in [0.29, 0.717) is 5.92 Å². The highest BCUT2D eigenvalue weighted by Crippen LogP contribution is 2.41. The lowest BCUT2D eigenvalue weighted by atomic mass is 9.69. The number of nitrogens with zero attached hydrogens (tertiary/aromatic N) is 1. The Kier molecular flexibility index (Phi) is 2.84. The second kappa shape index (κ2) is 4.59. The Morgan fingerprint density at radius 3 is 2.70 bits per heavy atom. The van der Waals surface area contributed by atoms with Crippen molar-refractivity contribution in [2.75, 3.05) is 6.54 Å². The quantitative estimate of drug-likeness (QED) is 0.894. The van der Waals surface area contributed by atoms with Gasteiger partial charge in [0.15, 0.2) is 0 Å². The van der Waals surface area contributed by atoms with Gasteiger partial charge in [0.25, 0.3) is 0 Å². The van der Waals surface area contributed by atoms with Gasteiger partial charge in [-0.1, -0.05) is 25.3 Å². The summed E-state index contributed by atoms with van der Waals surface area (Å²) < 4.78 is 0. The fraction of sp³-hybridized carbons (Fsp3) is 0.588. The molecule has 2 aromatic rings. The number of H-pyrrole nitrogens is 1. The van der Waals surface area contributed by atoms with Crippen molar-refractivity contribution in [1.29, 1.82) is 0 Å². The molecule has 2 saturated carbocycles. The van der Waals surface area contributed by atoms with Gasteiger partial charge in [0.2, 0.25) is 0 Å². The molecule has 0 aliphatic heterocycles. The monoisotopic (exact) mass is 269 g/mol. The molecule has 0 atom stereocenters. The van der Waals surface area contributed by atoms with Gasteiger partial charge in [-0.15, -0.1) is 0 Å². The maximum atomic E-state index is 6.15. The van der Waals surface area contributed by atoms with E-state index in [2.05, 4.69) is 23.2 Å². The van der Waals surface area contributed by atoms with Crippen LogP contribution in [0, 0.1) is 0 Å². The Morgan fingerprint density at radius 2 is 2.00 bits per heavy atom. The van der Waals surface area contributed by atoms with E-state index in [1.165, 1.54) is 61.9 Å². The SMILES string of the molecule is NCC1(c2ccc3nc(C4CC4)[nH]c3c2)CCCCC1. The van der Waals surface area contributed by atoms with Crippen molar-refractivity contribution < 1.29 is 0 Å². The van der Waals surface area contributed by atoms with E-state index in [4.69, 9.17) is 10.7 Å². The molecular formula is C17H23N3. The molecule has 0 radical (unpaired) electrons. The molecule has 106 valence electrons. The fourth-order valence-electron chi connectivity index (χ4n) is 3.75. The van der Waals surface area contributed by atoms with Crippen molar-refractivity contribution in [3.05, 3.63) is 29.6 Å². The van der Waals surface area contributed by atoms with Crippen molar-refractivity contribution in [3.8, 4) is 0 Å². The Labute approximate surface area is 120 Å². The van der Waals surface area contributed by atoms with Crippen LogP contribution in [0.1, 0.15) is 62.3 Å². The molecule has 0 unspecified atom stereocenters. The third kappa shape index (κ3) is 1.96. The number of fused-ring (bicyclic) bond motifs is 1. The zero-order valence-corrected chi connectivity index (χ0v) is 12.0. The van der Waals surface area contributed by atoms with E-state index < -0.39 is 0 Å². The first kappa shape index (κ1) is 12.4. The van der Waals surface area contributed by atoms with Crippen LogP contribution in [0.5, 0.6) is 0 Å². The summed E-state index contributed by atoms with van der Waals surface area (Å²) in [7, 11) is 0. The number of hydrogen-bond donors (Lipinski definition) is 2. The molecule has 2 aliphatic carbocycles. The van der Waals surface area contributed by atoms with Crippen molar-refractivity contribution in [2.45, 2.75) is 56.3 Å². The van der Waals surface area contributed by atoms with Gasteiger partial charge in [-0.3, -0.25) is 0 Å². The zero-order chi connectivity index (χ0) is 13.6. The third-order valence-corrected chi connectivity index (χ3v) is 5.28. The fourth-order valence-corrected chi connectivity index (χ4v) is 3.75. The molecule has 2 aliphatic rings. The molecule has 0 saturated heterocycles. The number of hydrogen-bond acceptors (Lipinski definition) is 2. The van der Waals surface area contributed by atoms with Crippen LogP contribution >= 0.6 is 0 Å². The average Bonchev–Trinajstić information content (AvgIpc) is 3.27. The topological polar surface area (TPSA) is 54.7 Å².